The third kappa shape index (κ3) is 5.11. The molecule has 140 valence electrons. The van der Waals surface area contributed by atoms with Crippen molar-refractivity contribution in [1.82, 2.24) is 4.98 Å². The van der Waals surface area contributed by atoms with E-state index in [2.05, 4.69) is 15.5 Å². The Bertz CT molecular complexity index is 927. The molecule has 7 nitrogen and oxygen atoms in total. The first-order valence-corrected chi connectivity index (χ1v) is 9.00. The van der Waals surface area contributed by atoms with E-state index in [1.165, 1.54) is 11.3 Å². The number of ether oxygens (including phenoxy) is 3. The monoisotopic (exact) mass is 384 g/mol. The topological polar surface area (TPSA) is 91.0 Å². The van der Waals surface area contributed by atoms with Gasteiger partial charge in [-0.25, -0.2) is 4.98 Å². The van der Waals surface area contributed by atoms with Crippen LogP contribution in [0.25, 0.3) is 0 Å². The second-order valence-corrected chi connectivity index (χ2v) is 6.36. The first kappa shape index (κ1) is 18.5. The van der Waals surface area contributed by atoms with E-state index < -0.39 is 0 Å². The van der Waals surface area contributed by atoms with Crippen molar-refractivity contribution in [2.75, 3.05) is 25.4 Å². The Morgan fingerprint density at radius 2 is 2.04 bits per heavy atom. The summed E-state index contributed by atoms with van der Waals surface area (Å²) in [5, 5.41) is 6.53. The van der Waals surface area contributed by atoms with Gasteiger partial charge in [-0.15, -0.1) is 11.3 Å². The van der Waals surface area contributed by atoms with Crippen molar-refractivity contribution in [3.63, 3.8) is 0 Å². The zero-order chi connectivity index (χ0) is 19.1. The van der Waals surface area contributed by atoms with Crippen molar-refractivity contribution < 1.29 is 14.2 Å². The van der Waals surface area contributed by atoms with Crippen LogP contribution in [0.2, 0.25) is 0 Å². The Kier molecular flexibility index (Phi) is 6.11. The number of nitrogens with two attached hydrogens (primary N) is 1. The van der Waals surface area contributed by atoms with E-state index in [-0.39, 0.29) is 0 Å². The zero-order valence-corrected chi connectivity index (χ0v) is 15.8. The van der Waals surface area contributed by atoms with Gasteiger partial charge in [0.2, 0.25) is 5.13 Å². The SMILES string of the molecule is COc1cccc(COc2ccc(C=NNc3nc(N)cs3)cc2OC)c1. The highest BCUT2D eigenvalue weighted by Crippen LogP contribution is 2.28. The summed E-state index contributed by atoms with van der Waals surface area (Å²) in [5.41, 5.74) is 10.3. The van der Waals surface area contributed by atoms with Gasteiger partial charge in [0, 0.05) is 5.38 Å². The number of hydrogen-bond acceptors (Lipinski definition) is 8. The highest BCUT2D eigenvalue weighted by molar-refractivity contribution is 7.14. The molecule has 3 aromatic rings. The van der Waals surface area contributed by atoms with Crippen LogP contribution in [0.5, 0.6) is 17.2 Å². The number of methoxy groups -OCH3 is 2. The van der Waals surface area contributed by atoms with Gasteiger partial charge in [0.1, 0.15) is 18.2 Å². The van der Waals surface area contributed by atoms with Crippen LogP contribution in [0.3, 0.4) is 0 Å². The van der Waals surface area contributed by atoms with Gasteiger partial charge in [-0.05, 0) is 41.5 Å². The molecular weight excluding hydrogens is 364 g/mol. The molecule has 0 aliphatic heterocycles. The van der Waals surface area contributed by atoms with E-state index in [4.69, 9.17) is 19.9 Å². The highest BCUT2D eigenvalue weighted by atomic mass is 32.1. The summed E-state index contributed by atoms with van der Waals surface area (Å²) in [4.78, 5) is 4.07. The lowest BCUT2D eigenvalue weighted by Crippen LogP contribution is -1.99. The van der Waals surface area contributed by atoms with Crippen molar-refractivity contribution >= 4 is 28.5 Å². The molecule has 0 bridgehead atoms. The number of hydrazone groups is 1. The molecule has 0 amide bonds. The molecule has 0 fully saturated rings. The predicted octanol–water partition coefficient (Wildman–Crippen LogP) is 3.77. The van der Waals surface area contributed by atoms with Crippen molar-refractivity contribution in [2.24, 2.45) is 5.10 Å². The molecule has 3 N–H and O–H groups in total. The first-order valence-electron chi connectivity index (χ1n) is 8.12. The molecule has 1 aromatic heterocycles. The minimum atomic E-state index is 0.411. The van der Waals surface area contributed by atoms with Crippen LogP contribution in [-0.2, 0) is 6.61 Å². The fourth-order valence-corrected chi connectivity index (χ4v) is 2.86. The largest absolute Gasteiger partial charge is 0.497 e. The molecule has 0 saturated carbocycles. The maximum atomic E-state index is 5.88. The van der Waals surface area contributed by atoms with Gasteiger partial charge < -0.3 is 19.9 Å². The molecule has 0 atom stereocenters. The fourth-order valence-electron chi connectivity index (χ4n) is 2.31. The average molecular weight is 384 g/mol. The quantitative estimate of drug-likeness (QED) is 0.454. The molecule has 0 unspecified atom stereocenters. The zero-order valence-electron chi connectivity index (χ0n) is 15.0. The molecule has 0 aliphatic rings. The minimum Gasteiger partial charge on any atom is -0.497 e. The summed E-state index contributed by atoms with van der Waals surface area (Å²) in [7, 11) is 3.24. The predicted molar refractivity (Wildman–Crippen MR) is 108 cm³/mol. The van der Waals surface area contributed by atoms with Crippen molar-refractivity contribution in [3.05, 3.63) is 59.0 Å². The van der Waals surface area contributed by atoms with Gasteiger partial charge in [-0.1, -0.05) is 12.1 Å². The number of nitrogens with one attached hydrogen (secondary N) is 1. The van der Waals surface area contributed by atoms with Gasteiger partial charge in [-0.2, -0.15) is 5.10 Å². The molecule has 3 rings (SSSR count). The van der Waals surface area contributed by atoms with Crippen LogP contribution in [-0.4, -0.2) is 25.4 Å². The highest BCUT2D eigenvalue weighted by Gasteiger charge is 2.06. The smallest absolute Gasteiger partial charge is 0.205 e. The van der Waals surface area contributed by atoms with E-state index in [0.29, 0.717) is 29.1 Å². The van der Waals surface area contributed by atoms with Crippen LogP contribution in [0, 0.1) is 0 Å². The molecule has 1 heterocycles. The lowest BCUT2D eigenvalue weighted by atomic mass is 10.2. The number of nitrogen functional groups attached to an aromatic ring is 1. The van der Waals surface area contributed by atoms with Crippen molar-refractivity contribution in [1.29, 1.82) is 0 Å². The van der Waals surface area contributed by atoms with Crippen LogP contribution >= 0.6 is 11.3 Å². The van der Waals surface area contributed by atoms with E-state index in [1.54, 1.807) is 25.8 Å². The average Bonchev–Trinajstić information content (AvgIpc) is 3.12. The maximum Gasteiger partial charge on any atom is 0.205 e. The number of nitrogens with zero attached hydrogens (tertiary/aromatic N) is 2. The Hall–Kier alpha value is -3.26. The van der Waals surface area contributed by atoms with Gasteiger partial charge in [0.05, 0.1) is 20.4 Å². The lowest BCUT2D eigenvalue weighted by molar-refractivity contribution is 0.284. The summed E-state index contributed by atoms with van der Waals surface area (Å²) >= 11 is 1.39. The standard InChI is InChI=1S/C19H20N4O3S/c1-24-15-5-3-4-14(8-15)11-26-16-7-6-13(9-17(16)25-2)10-21-23-19-22-18(20)12-27-19/h3-10,12H,11,20H2,1-2H3,(H,22,23). The Morgan fingerprint density at radius 3 is 2.78 bits per heavy atom. The van der Waals surface area contributed by atoms with Gasteiger partial charge in [0.25, 0.3) is 0 Å². The number of anilines is 2. The molecule has 27 heavy (non-hydrogen) atoms. The molecule has 8 heteroatoms. The second kappa shape index (κ2) is 8.91. The molecule has 0 radical (unpaired) electrons. The normalized spacial score (nSPS) is 10.7. The number of hydrogen-bond donors (Lipinski definition) is 2. The second-order valence-electron chi connectivity index (χ2n) is 5.50. The van der Waals surface area contributed by atoms with E-state index in [9.17, 15) is 0 Å². The third-order valence-electron chi connectivity index (χ3n) is 3.61. The number of thiazole rings is 1. The summed E-state index contributed by atoms with van der Waals surface area (Å²) < 4.78 is 16.5. The van der Waals surface area contributed by atoms with E-state index in [1.807, 2.05) is 42.5 Å². The van der Waals surface area contributed by atoms with Crippen LogP contribution in [0.1, 0.15) is 11.1 Å². The minimum absolute atomic E-state index is 0.411. The molecule has 0 saturated heterocycles. The molecular formula is C19H20N4O3S. The summed E-state index contributed by atoms with van der Waals surface area (Å²) in [6.07, 6.45) is 1.67. The fraction of sp³-hybridized carbons (Fsp3) is 0.158. The van der Waals surface area contributed by atoms with Crippen molar-refractivity contribution in [2.45, 2.75) is 6.61 Å². The molecule has 2 aromatic carbocycles. The van der Waals surface area contributed by atoms with Gasteiger partial charge >= 0.3 is 0 Å². The molecule has 0 aliphatic carbocycles. The Labute approximate surface area is 161 Å². The Morgan fingerprint density at radius 1 is 1.15 bits per heavy atom. The summed E-state index contributed by atoms with van der Waals surface area (Å²) in [6.45, 7) is 0.411. The van der Waals surface area contributed by atoms with Crippen LogP contribution < -0.4 is 25.4 Å². The first-order chi connectivity index (χ1) is 13.2. The van der Waals surface area contributed by atoms with E-state index in [0.717, 1.165) is 16.9 Å². The Balaban J connectivity index is 1.64. The van der Waals surface area contributed by atoms with Gasteiger partial charge in [-0.3, -0.25) is 5.43 Å². The molecule has 0 spiro atoms. The number of aromatic nitrogens is 1. The lowest BCUT2D eigenvalue weighted by Gasteiger charge is -2.12. The van der Waals surface area contributed by atoms with Gasteiger partial charge in [0.15, 0.2) is 11.5 Å². The third-order valence-corrected chi connectivity index (χ3v) is 4.38. The summed E-state index contributed by atoms with van der Waals surface area (Å²) in [5.74, 6) is 2.54. The number of benzene rings is 2. The van der Waals surface area contributed by atoms with E-state index >= 15 is 0 Å². The van der Waals surface area contributed by atoms with Crippen molar-refractivity contribution in [3.8, 4) is 17.2 Å². The summed E-state index contributed by atoms with van der Waals surface area (Å²) in [6, 6.07) is 13.3. The van der Waals surface area contributed by atoms with Crippen LogP contribution in [0.4, 0.5) is 10.9 Å². The van der Waals surface area contributed by atoms with Crippen LogP contribution in [0.15, 0.2) is 52.9 Å². The maximum absolute atomic E-state index is 5.88. The number of rotatable bonds is 8.